The summed E-state index contributed by atoms with van der Waals surface area (Å²) in [6, 6.07) is 26.3. The van der Waals surface area contributed by atoms with E-state index in [1.807, 2.05) is 78.9 Å². The first-order chi connectivity index (χ1) is 13.3. The highest BCUT2D eigenvalue weighted by atomic mass is 16.3. The molecule has 0 aliphatic carbocycles. The van der Waals surface area contributed by atoms with Gasteiger partial charge in [-0.3, -0.25) is 4.79 Å². The fourth-order valence-corrected chi connectivity index (χ4v) is 2.77. The van der Waals surface area contributed by atoms with Gasteiger partial charge in [-0.25, -0.2) is 0 Å². The summed E-state index contributed by atoms with van der Waals surface area (Å²) in [6.07, 6.45) is 0.570. The van der Waals surface area contributed by atoms with Crippen LogP contribution in [-0.4, -0.2) is 23.7 Å². The normalized spacial score (nSPS) is 11.1. The molecule has 3 nitrogen and oxygen atoms in total. The maximum atomic E-state index is 12.7. The highest BCUT2D eigenvalue weighted by Crippen LogP contribution is 2.10. The Kier molecular flexibility index (Phi) is 6.40. The van der Waals surface area contributed by atoms with Crippen molar-refractivity contribution in [1.82, 2.24) is 5.32 Å². The lowest BCUT2D eigenvalue weighted by Gasteiger charge is -2.17. The van der Waals surface area contributed by atoms with Crippen molar-refractivity contribution in [2.75, 3.05) is 6.61 Å². The number of hydrogen-bond acceptors (Lipinski definition) is 2. The van der Waals surface area contributed by atoms with Gasteiger partial charge in [0.2, 0.25) is 0 Å². The van der Waals surface area contributed by atoms with Crippen LogP contribution in [0.15, 0.2) is 84.9 Å². The summed E-state index contributed by atoms with van der Waals surface area (Å²) in [5.41, 5.74) is 3.13. The Morgan fingerprint density at radius 3 is 2.19 bits per heavy atom. The van der Waals surface area contributed by atoms with Crippen molar-refractivity contribution in [2.45, 2.75) is 12.5 Å². The van der Waals surface area contributed by atoms with Crippen LogP contribution in [0.1, 0.15) is 27.0 Å². The fourth-order valence-electron chi connectivity index (χ4n) is 2.77. The molecule has 134 valence electrons. The molecule has 3 aromatic rings. The van der Waals surface area contributed by atoms with Gasteiger partial charge in [-0.15, -0.1) is 0 Å². The molecule has 0 fully saturated rings. The molecule has 0 aromatic heterocycles. The summed E-state index contributed by atoms with van der Waals surface area (Å²) < 4.78 is 0. The van der Waals surface area contributed by atoms with Gasteiger partial charge in [0.1, 0.15) is 0 Å². The fraction of sp³-hybridized carbons (Fsp3) is 0.125. The lowest BCUT2D eigenvalue weighted by molar-refractivity contribution is 0.0916. The van der Waals surface area contributed by atoms with E-state index in [1.165, 1.54) is 0 Å². The van der Waals surface area contributed by atoms with Crippen molar-refractivity contribution in [3.8, 4) is 11.8 Å². The summed E-state index contributed by atoms with van der Waals surface area (Å²) in [4.78, 5) is 12.7. The number of amides is 1. The van der Waals surface area contributed by atoms with Crippen molar-refractivity contribution in [3.63, 3.8) is 0 Å². The molecule has 0 spiro atoms. The van der Waals surface area contributed by atoms with Crippen LogP contribution in [0.3, 0.4) is 0 Å². The Morgan fingerprint density at radius 2 is 1.48 bits per heavy atom. The standard InChI is InChI=1S/C24H21NO2/c26-18-22(17-20-11-5-2-6-12-20)25-24(27)23-14-8-7-13-21(23)16-15-19-9-3-1-4-10-19/h1-14,22,26H,17-18H2,(H,25,27)/t22-/m0/s1. The Bertz CT molecular complexity index is 940. The third-order valence-corrected chi connectivity index (χ3v) is 4.17. The van der Waals surface area contributed by atoms with Gasteiger partial charge in [-0.2, -0.15) is 0 Å². The third kappa shape index (κ3) is 5.31. The van der Waals surface area contributed by atoms with Crippen LogP contribution in [0.25, 0.3) is 0 Å². The molecule has 0 bridgehead atoms. The van der Waals surface area contributed by atoms with Crippen molar-refractivity contribution in [3.05, 3.63) is 107 Å². The van der Waals surface area contributed by atoms with Gasteiger partial charge in [0.15, 0.2) is 0 Å². The third-order valence-electron chi connectivity index (χ3n) is 4.17. The zero-order valence-electron chi connectivity index (χ0n) is 14.9. The molecule has 27 heavy (non-hydrogen) atoms. The van der Waals surface area contributed by atoms with Crippen LogP contribution in [0.2, 0.25) is 0 Å². The molecule has 0 unspecified atom stereocenters. The smallest absolute Gasteiger partial charge is 0.252 e. The van der Waals surface area contributed by atoms with E-state index in [9.17, 15) is 9.90 Å². The summed E-state index contributed by atoms with van der Waals surface area (Å²) in [5.74, 6) is 5.93. The molecular weight excluding hydrogens is 334 g/mol. The average molecular weight is 355 g/mol. The minimum Gasteiger partial charge on any atom is -0.394 e. The van der Waals surface area contributed by atoms with Gasteiger partial charge >= 0.3 is 0 Å². The average Bonchev–Trinajstić information content (AvgIpc) is 2.73. The maximum absolute atomic E-state index is 12.7. The topological polar surface area (TPSA) is 49.3 Å². The highest BCUT2D eigenvalue weighted by Gasteiger charge is 2.15. The lowest BCUT2D eigenvalue weighted by atomic mass is 10.0. The Morgan fingerprint density at radius 1 is 0.852 bits per heavy atom. The second kappa shape index (κ2) is 9.38. The molecule has 0 saturated carbocycles. The summed E-state index contributed by atoms with van der Waals surface area (Å²) >= 11 is 0. The number of carbonyl (C=O) groups excluding carboxylic acids is 1. The summed E-state index contributed by atoms with van der Waals surface area (Å²) in [5, 5.41) is 12.6. The van der Waals surface area contributed by atoms with Crippen molar-refractivity contribution in [1.29, 1.82) is 0 Å². The van der Waals surface area contributed by atoms with Crippen molar-refractivity contribution in [2.24, 2.45) is 0 Å². The van der Waals surface area contributed by atoms with Crippen molar-refractivity contribution < 1.29 is 9.90 Å². The molecule has 1 atom stereocenters. The number of aliphatic hydroxyl groups is 1. The molecule has 0 aliphatic rings. The Labute approximate surface area is 159 Å². The zero-order valence-corrected chi connectivity index (χ0v) is 14.9. The number of rotatable bonds is 5. The zero-order chi connectivity index (χ0) is 18.9. The van der Waals surface area contributed by atoms with Crippen LogP contribution in [0.4, 0.5) is 0 Å². The molecule has 1 amide bonds. The van der Waals surface area contributed by atoms with E-state index >= 15 is 0 Å². The maximum Gasteiger partial charge on any atom is 0.252 e. The number of benzene rings is 3. The molecule has 3 aromatic carbocycles. The van der Waals surface area contributed by atoms with Gasteiger partial charge in [0, 0.05) is 11.1 Å². The summed E-state index contributed by atoms with van der Waals surface area (Å²) in [7, 11) is 0. The first-order valence-electron chi connectivity index (χ1n) is 8.88. The second-order valence-corrected chi connectivity index (χ2v) is 6.20. The Hall–Kier alpha value is -3.35. The minimum absolute atomic E-state index is 0.126. The lowest BCUT2D eigenvalue weighted by Crippen LogP contribution is -2.39. The van der Waals surface area contributed by atoms with Crippen LogP contribution >= 0.6 is 0 Å². The van der Waals surface area contributed by atoms with Crippen molar-refractivity contribution >= 4 is 5.91 Å². The minimum atomic E-state index is -0.352. The number of hydrogen-bond donors (Lipinski definition) is 2. The number of carbonyl (C=O) groups is 1. The van der Waals surface area contributed by atoms with Crippen LogP contribution in [-0.2, 0) is 6.42 Å². The molecule has 0 heterocycles. The highest BCUT2D eigenvalue weighted by molar-refractivity contribution is 5.97. The van der Waals surface area contributed by atoms with E-state index in [2.05, 4.69) is 17.2 Å². The van der Waals surface area contributed by atoms with Gasteiger partial charge < -0.3 is 10.4 Å². The molecule has 0 aliphatic heterocycles. The molecule has 0 saturated heterocycles. The van der Waals surface area contributed by atoms with Gasteiger partial charge in [-0.05, 0) is 36.2 Å². The van der Waals surface area contributed by atoms with E-state index in [0.717, 1.165) is 11.1 Å². The van der Waals surface area contributed by atoms with E-state index in [-0.39, 0.29) is 18.6 Å². The first-order valence-corrected chi connectivity index (χ1v) is 8.88. The van der Waals surface area contributed by atoms with Crippen LogP contribution < -0.4 is 5.32 Å². The largest absolute Gasteiger partial charge is 0.394 e. The second-order valence-electron chi connectivity index (χ2n) is 6.20. The predicted molar refractivity (Wildman–Crippen MR) is 107 cm³/mol. The Balaban J connectivity index is 1.76. The monoisotopic (exact) mass is 355 g/mol. The molecule has 2 N–H and O–H groups in total. The van der Waals surface area contributed by atoms with Crippen LogP contribution in [0.5, 0.6) is 0 Å². The predicted octanol–water partition coefficient (Wildman–Crippen LogP) is 3.42. The molecule has 3 rings (SSSR count). The number of aliphatic hydroxyl groups excluding tert-OH is 1. The van der Waals surface area contributed by atoms with E-state index in [4.69, 9.17) is 0 Å². The molecular formula is C24H21NO2. The first kappa shape index (κ1) is 18.4. The quantitative estimate of drug-likeness (QED) is 0.689. The SMILES string of the molecule is O=C(N[C@H](CO)Cc1ccccc1)c1ccccc1C#Cc1ccccc1. The molecule has 0 radical (unpaired) electrons. The molecule has 3 heteroatoms. The van der Waals surface area contributed by atoms with E-state index in [0.29, 0.717) is 17.5 Å². The van der Waals surface area contributed by atoms with E-state index < -0.39 is 0 Å². The number of nitrogens with one attached hydrogen (secondary N) is 1. The van der Waals surface area contributed by atoms with Crippen LogP contribution in [0, 0.1) is 11.8 Å². The van der Waals surface area contributed by atoms with Gasteiger partial charge in [0.25, 0.3) is 5.91 Å². The van der Waals surface area contributed by atoms with E-state index in [1.54, 1.807) is 6.07 Å². The van der Waals surface area contributed by atoms with Gasteiger partial charge in [-0.1, -0.05) is 72.5 Å². The van der Waals surface area contributed by atoms with Gasteiger partial charge in [0.05, 0.1) is 18.2 Å². The summed E-state index contributed by atoms with van der Waals surface area (Å²) in [6.45, 7) is -0.126.